The van der Waals surface area contributed by atoms with E-state index in [-0.39, 0.29) is 5.97 Å². The zero-order valence-corrected chi connectivity index (χ0v) is 10.5. The summed E-state index contributed by atoms with van der Waals surface area (Å²) < 4.78 is 1.14. The molecule has 0 aliphatic heterocycles. The Bertz CT molecular complexity index is 151. The van der Waals surface area contributed by atoms with E-state index in [1.165, 1.54) is 0 Å². The Balaban J connectivity index is 3.38. The van der Waals surface area contributed by atoms with Gasteiger partial charge in [-0.1, -0.05) is 0 Å². The molecule has 0 unspecified atom stereocenters. The Hall–Kier alpha value is 0.716. The first-order valence-corrected chi connectivity index (χ1v) is 5.86. The van der Waals surface area contributed by atoms with Crippen molar-refractivity contribution in [3.63, 3.8) is 0 Å². The van der Waals surface area contributed by atoms with Gasteiger partial charge in [-0.05, 0) is 0 Å². The molecule has 0 spiro atoms. The molecule has 0 aromatic heterocycles. The van der Waals surface area contributed by atoms with Crippen LogP contribution in [-0.2, 0) is 14.6 Å². The predicted octanol–water partition coefficient (Wildman–Crippen LogP) is 2.26. The third-order valence-electron chi connectivity index (χ3n) is 1.34. The van der Waals surface area contributed by atoms with Crippen LogP contribution < -0.4 is 0 Å². The van der Waals surface area contributed by atoms with E-state index >= 15 is 0 Å². The zero-order chi connectivity index (χ0) is 10.3. The quantitative estimate of drug-likeness (QED) is 0.440. The number of carbonyl (C=O) groups excluding carboxylic acids is 1. The average molecular weight is 332 g/mol. The molecule has 0 heterocycles. The van der Waals surface area contributed by atoms with Crippen LogP contribution in [0.4, 0.5) is 0 Å². The molecule has 0 N–H and O–H groups in total. The molecule has 0 aromatic rings. The minimum absolute atomic E-state index is 0.316. The van der Waals surface area contributed by atoms with Crippen molar-refractivity contribution in [2.45, 2.75) is 36.0 Å². The molecule has 0 rings (SSSR count). The van der Waals surface area contributed by atoms with Crippen molar-refractivity contribution >= 4 is 5.97 Å². The Morgan fingerprint density at radius 2 is 1.92 bits per heavy atom. The van der Waals surface area contributed by atoms with E-state index < -0.39 is 5.41 Å². The summed E-state index contributed by atoms with van der Waals surface area (Å²) in [4.78, 5) is 20.5. The summed E-state index contributed by atoms with van der Waals surface area (Å²) in [6.07, 6.45) is 2.04. The van der Waals surface area contributed by atoms with Gasteiger partial charge in [-0.2, -0.15) is 0 Å². The minimum atomic E-state index is -0.481. The summed E-state index contributed by atoms with van der Waals surface area (Å²) in [5.74, 6) is -0.316. The number of unbranched alkanes of at least 4 members (excludes halogenated alkanes) is 1. The zero-order valence-electron chi connectivity index (χ0n) is 8.39. The molecular weight excluding hydrogens is 315 g/mol. The van der Waals surface area contributed by atoms with Crippen LogP contribution in [0.2, 0.25) is 2.39 Å². The van der Waals surface area contributed by atoms with E-state index in [9.17, 15) is 4.79 Å². The van der Waals surface area contributed by atoms with E-state index in [1.807, 2.05) is 0 Å². The maximum absolute atomic E-state index is 11.2. The van der Waals surface area contributed by atoms with Gasteiger partial charge in [-0.15, -0.1) is 0 Å². The first-order chi connectivity index (χ1) is 5.98. The molecule has 0 bridgehead atoms. The second kappa shape index (κ2) is 7.07. The first-order valence-electron chi connectivity index (χ1n) is 4.35. The van der Waals surface area contributed by atoms with E-state index in [0.717, 1.165) is 15.2 Å². The maximum atomic E-state index is 11.2. The van der Waals surface area contributed by atoms with Gasteiger partial charge in [0.25, 0.3) is 0 Å². The van der Waals surface area contributed by atoms with Gasteiger partial charge in [0.15, 0.2) is 0 Å². The van der Waals surface area contributed by atoms with Crippen molar-refractivity contribution in [3.8, 4) is 0 Å². The van der Waals surface area contributed by atoms with E-state index in [2.05, 4.69) is 41.5 Å². The van der Waals surface area contributed by atoms with Crippen LogP contribution in [-0.4, -0.2) is 12.6 Å². The summed E-state index contributed by atoms with van der Waals surface area (Å²) in [6.45, 7) is 5.88. The molecule has 0 fully saturated rings. The number of rotatable bonds is 5. The van der Waals surface area contributed by atoms with Gasteiger partial charge < -0.3 is 0 Å². The van der Waals surface area contributed by atoms with Crippen molar-refractivity contribution in [3.05, 3.63) is 0 Å². The molecule has 0 aliphatic rings. The molecule has 0 aromatic carbocycles. The Morgan fingerprint density at radius 1 is 1.31 bits per heavy atom. The standard InChI is InChI=1S/C9H17O3.Tb/c1-5-6-7-11-12-8(10)9(2,3)4;/h1,5-7H2,2-4H3;. The Kier molecular flexibility index (Phi) is 7.46. The van der Waals surface area contributed by atoms with Crippen molar-refractivity contribution in [1.82, 2.24) is 0 Å². The molecule has 4 heteroatoms. The second-order valence-corrected chi connectivity index (χ2v) is 4.89. The molecular formula is C9H17O3Tb. The van der Waals surface area contributed by atoms with Gasteiger partial charge in [0.2, 0.25) is 0 Å². The Morgan fingerprint density at radius 3 is 2.38 bits per heavy atom. The van der Waals surface area contributed by atoms with Gasteiger partial charge in [-0.25, -0.2) is 0 Å². The molecule has 0 saturated heterocycles. The van der Waals surface area contributed by atoms with Crippen molar-refractivity contribution in [2.24, 2.45) is 5.41 Å². The fourth-order valence-electron chi connectivity index (χ4n) is 0.465. The van der Waals surface area contributed by atoms with Crippen molar-refractivity contribution in [1.29, 1.82) is 0 Å². The number of hydrogen-bond donors (Lipinski definition) is 0. The molecule has 0 atom stereocenters. The van der Waals surface area contributed by atoms with Crippen LogP contribution in [0, 0.1) is 42.0 Å². The number of carbonyl (C=O) groups is 1. The van der Waals surface area contributed by atoms with Gasteiger partial charge in [0.05, 0.1) is 0 Å². The van der Waals surface area contributed by atoms with Crippen molar-refractivity contribution < 1.29 is 51.2 Å². The third-order valence-corrected chi connectivity index (χ3v) is 2.10. The molecule has 0 amide bonds. The monoisotopic (exact) mass is 332 g/mol. The summed E-state index contributed by atoms with van der Waals surface area (Å²) >= 11 is 2.11. The summed E-state index contributed by atoms with van der Waals surface area (Å²) in [5, 5.41) is 0. The summed E-state index contributed by atoms with van der Waals surface area (Å²) in [7, 11) is 0. The Labute approximate surface area is 104 Å². The second-order valence-electron chi connectivity index (χ2n) is 3.82. The fraction of sp³-hybridized carbons (Fsp3) is 0.889. The van der Waals surface area contributed by atoms with Crippen LogP contribution >= 0.6 is 0 Å². The van der Waals surface area contributed by atoms with Crippen LogP contribution in [0.5, 0.6) is 0 Å². The fourth-order valence-corrected chi connectivity index (χ4v) is 0.999. The average Bonchev–Trinajstić information content (AvgIpc) is 2.02. The summed E-state index contributed by atoms with van der Waals surface area (Å²) in [5.41, 5.74) is -0.481. The third kappa shape index (κ3) is 7.76. The molecule has 0 aliphatic carbocycles. The van der Waals surface area contributed by atoms with Gasteiger partial charge in [-0.3, -0.25) is 0 Å². The molecule has 0 radical (unpaired) electrons. The van der Waals surface area contributed by atoms with E-state index in [1.54, 1.807) is 20.8 Å². The van der Waals surface area contributed by atoms with Crippen molar-refractivity contribution in [2.75, 3.05) is 6.61 Å². The summed E-state index contributed by atoms with van der Waals surface area (Å²) in [6, 6.07) is 0. The van der Waals surface area contributed by atoms with E-state index in [4.69, 9.17) is 4.89 Å². The van der Waals surface area contributed by atoms with Crippen LogP contribution in [0.1, 0.15) is 33.6 Å². The SMILES string of the molecule is CC(C)(C)C(=O)OOCCC[CH2][Tb]. The molecule has 3 nitrogen and oxygen atoms in total. The van der Waals surface area contributed by atoms with Gasteiger partial charge >= 0.3 is 105 Å². The van der Waals surface area contributed by atoms with Crippen LogP contribution in [0.3, 0.4) is 0 Å². The topological polar surface area (TPSA) is 35.5 Å². The molecule has 0 saturated carbocycles. The van der Waals surface area contributed by atoms with Crippen LogP contribution in [0.25, 0.3) is 0 Å². The molecule has 13 heavy (non-hydrogen) atoms. The van der Waals surface area contributed by atoms with Gasteiger partial charge in [0.1, 0.15) is 0 Å². The first kappa shape index (κ1) is 13.7. The van der Waals surface area contributed by atoms with Gasteiger partial charge in [0, 0.05) is 0 Å². The van der Waals surface area contributed by atoms with E-state index in [0.29, 0.717) is 6.61 Å². The van der Waals surface area contributed by atoms with Crippen LogP contribution in [0.15, 0.2) is 0 Å². The normalized spacial score (nSPS) is 11.5. The molecule has 80 valence electrons. The number of hydrogen-bond acceptors (Lipinski definition) is 3. The predicted molar refractivity (Wildman–Crippen MR) is 45.5 cm³/mol.